The maximum atomic E-state index is 6.37. The SMILES string of the molecule is CC1=Cc2cc(-c3ccccn3)nc3c(Cl)cc(Cl)c(c23)N1. The molecule has 0 bridgehead atoms. The number of halogens is 2. The van der Waals surface area contributed by atoms with Crippen molar-refractivity contribution in [3.63, 3.8) is 0 Å². The Labute approximate surface area is 137 Å². The van der Waals surface area contributed by atoms with E-state index in [0.717, 1.165) is 39.2 Å². The molecule has 1 aromatic carbocycles. The first-order chi connectivity index (χ1) is 10.6. The maximum Gasteiger partial charge on any atom is 0.0924 e. The van der Waals surface area contributed by atoms with Gasteiger partial charge in [-0.3, -0.25) is 4.98 Å². The van der Waals surface area contributed by atoms with E-state index in [1.165, 1.54) is 0 Å². The molecule has 2 aromatic heterocycles. The predicted octanol–water partition coefficient (Wildman–Crippen LogP) is 5.39. The van der Waals surface area contributed by atoms with Crippen molar-refractivity contribution in [2.24, 2.45) is 0 Å². The lowest BCUT2D eigenvalue weighted by Crippen LogP contribution is -2.04. The second-order valence-electron chi connectivity index (χ2n) is 5.20. The van der Waals surface area contributed by atoms with Crippen molar-refractivity contribution < 1.29 is 0 Å². The summed E-state index contributed by atoms with van der Waals surface area (Å²) in [7, 11) is 0. The minimum Gasteiger partial charge on any atom is -0.357 e. The molecule has 22 heavy (non-hydrogen) atoms. The Kier molecular flexibility index (Phi) is 3.06. The van der Waals surface area contributed by atoms with E-state index in [4.69, 9.17) is 28.2 Å². The summed E-state index contributed by atoms with van der Waals surface area (Å²) in [5, 5.41) is 5.38. The van der Waals surface area contributed by atoms with Gasteiger partial charge in [-0.05, 0) is 42.8 Å². The third-order valence-electron chi connectivity index (χ3n) is 3.64. The summed E-state index contributed by atoms with van der Waals surface area (Å²) < 4.78 is 0. The van der Waals surface area contributed by atoms with Crippen molar-refractivity contribution >= 4 is 45.9 Å². The van der Waals surface area contributed by atoms with Gasteiger partial charge < -0.3 is 5.32 Å². The Balaban J connectivity index is 2.10. The second kappa shape index (κ2) is 4.97. The molecule has 0 saturated carbocycles. The van der Waals surface area contributed by atoms with Gasteiger partial charge in [0.2, 0.25) is 0 Å². The molecule has 108 valence electrons. The summed E-state index contributed by atoms with van der Waals surface area (Å²) in [6, 6.07) is 9.50. The largest absolute Gasteiger partial charge is 0.357 e. The standard InChI is InChI=1S/C17H11Cl2N3/c1-9-6-10-7-14(13-4-2-3-5-20-13)22-17-12(19)8-11(18)16(21-9)15(10)17/h2-8,21H,1H3. The van der Waals surface area contributed by atoms with Crippen LogP contribution in [0.3, 0.4) is 0 Å². The van der Waals surface area contributed by atoms with Crippen LogP contribution < -0.4 is 5.32 Å². The Morgan fingerprint density at radius 3 is 2.68 bits per heavy atom. The monoisotopic (exact) mass is 327 g/mol. The summed E-state index contributed by atoms with van der Waals surface area (Å²) >= 11 is 12.7. The molecule has 0 radical (unpaired) electrons. The number of pyridine rings is 2. The van der Waals surface area contributed by atoms with Crippen LogP contribution in [0.15, 0.2) is 42.2 Å². The molecule has 0 amide bonds. The Bertz CT molecular complexity index is 934. The molecule has 3 nitrogen and oxygen atoms in total. The fourth-order valence-electron chi connectivity index (χ4n) is 2.72. The van der Waals surface area contributed by atoms with Gasteiger partial charge in [0.1, 0.15) is 0 Å². The minimum atomic E-state index is 0.539. The molecule has 5 heteroatoms. The molecule has 0 saturated heterocycles. The molecular formula is C17H11Cl2N3. The number of nitrogens with one attached hydrogen (secondary N) is 1. The third-order valence-corrected chi connectivity index (χ3v) is 4.23. The zero-order valence-corrected chi connectivity index (χ0v) is 13.2. The van der Waals surface area contributed by atoms with Gasteiger partial charge >= 0.3 is 0 Å². The van der Waals surface area contributed by atoms with E-state index in [9.17, 15) is 0 Å². The van der Waals surface area contributed by atoms with Crippen molar-refractivity contribution in [3.8, 4) is 11.4 Å². The highest BCUT2D eigenvalue weighted by Crippen LogP contribution is 2.42. The second-order valence-corrected chi connectivity index (χ2v) is 6.02. The number of rotatable bonds is 1. The molecule has 1 N–H and O–H groups in total. The highest BCUT2D eigenvalue weighted by Gasteiger charge is 2.19. The normalized spacial score (nSPS) is 13.0. The van der Waals surface area contributed by atoms with Crippen molar-refractivity contribution in [2.45, 2.75) is 6.92 Å². The van der Waals surface area contributed by atoms with Crippen LogP contribution in [-0.4, -0.2) is 9.97 Å². The van der Waals surface area contributed by atoms with E-state index >= 15 is 0 Å². The number of anilines is 1. The fourth-order valence-corrected chi connectivity index (χ4v) is 3.27. The lowest BCUT2D eigenvalue weighted by molar-refractivity contribution is 1.27. The van der Waals surface area contributed by atoms with Gasteiger partial charge in [0.15, 0.2) is 0 Å². The van der Waals surface area contributed by atoms with Gasteiger partial charge in [-0.1, -0.05) is 29.3 Å². The summed E-state index contributed by atoms with van der Waals surface area (Å²) in [5.74, 6) is 0. The average molecular weight is 328 g/mol. The first-order valence-electron chi connectivity index (χ1n) is 6.83. The van der Waals surface area contributed by atoms with E-state index in [2.05, 4.69) is 16.4 Å². The van der Waals surface area contributed by atoms with Gasteiger partial charge in [-0.15, -0.1) is 0 Å². The summed E-state index contributed by atoms with van der Waals surface area (Å²) in [4.78, 5) is 9.06. The smallest absolute Gasteiger partial charge is 0.0924 e. The number of hydrogen-bond acceptors (Lipinski definition) is 3. The van der Waals surface area contributed by atoms with Crippen LogP contribution in [0.1, 0.15) is 12.5 Å². The molecule has 3 aromatic rings. The summed E-state index contributed by atoms with van der Waals surface area (Å²) in [5.41, 5.74) is 5.27. The molecule has 0 aliphatic carbocycles. The van der Waals surface area contributed by atoms with E-state index in [1.54, 1.807) is 12.3 Å². The van der Waals surface area contributed by atoms with E-state index in [0.29, 0.717) is 10.0 Å². The van der Waals surface area contributed by atoms with Crippen molar-refractivity contribution in [3.05, 3.63) is 57.8 Å². The summed E-state index contributed by atoms with van der Waals surface area (Å²) in [6.45, 7) is 2.00. The van der Waals surface area contributed by atoms with Gasteiger partial charge in [0, 0.05) is 17.3 Å². The van der Waals surface area contributed by atoms with Crippen LogP contribution in [0.2, 0.25) is 10.0 Å². The molecule has 0 unspecified atom stereocenters. The lowest BCUT2D eigenvalue weighted by Gasteiger charge is -2.20. The number of hydrogen-bond donors (Lipinski definition) is 1. The number of nitrogens with zero attached hydrogens (tertiary/aromatic N) is 2. The van der Waals surface area contributed by atoms with Crippen LogP contribution in [0, 0.1) is 0 Å². The quantitative estimate of drug-likeness (QED) is 0.651. The molecule has 4 rings (SSSR count). The summed E-state index contributed by atoms with van der Waals surface area (Å²) in [6.07, 6.45) is 3.82. The molecular weight excluding hydrogens is 317 g/mol. The molecule has 0 atom stereocenters. The molecule has 0 spiro atoms. The highest BCUT2D eigenvalue weighted by molar-refractivity contribution is 6.41. The average Bonchev–Trinajstić information content (AvgIpc) is 2.52. The zero-order valence-electron chi connectivity index (χ0n) is 11.7. The Morgan fingerprint density at radius 1 is 1.05 bits per heavy atom. The maximum absolute atomic E-state index is 6.37. The first kappa shape index (κ1) is 13.6. The number of benzene rings is 1. The van der Waals surface area contributed by atoms with E-state index in [1.807, 2.05) is 31.2 Å². The zero-order chi connectivity index (χ0) is 15.3. The van der Waals surface area contributed by atoms with Gasteiger partial charge in [0.25, 0.3) is 0 Å². The van der Waals surface area contributed by atoms with Gasteiger partial charge in [0.05, 0.1) is 32.6 Å². The Hall–Kier alpha value is -2.10. The van der Waals surface area contributed by atoms with Crippen molar-refractivity contribution in [1.82, 2.24) is 9.97 Å². The molecule has 0 fully saturated rings. The van der Waals surface area contributed by atoms with Crippen molar-refractivity contribution in [2.75, 3.05) is 5.32 Å². The lowest BCUT2D eigenvalue weighted by atomic mass is 10.0. The van der Waals surface area contributed by atoms with Crippen LogP contribution in [0.5, 0.6) is 0 Å². The van der Waals surface area contributed by atoms with Crippen LogP contribution in [-0.2, 0) is 0 Å². The van der Waals surface area contributed by atoms with E-state index < -0.39 is 0 Å². The number of aromatic nitrogens is 2. The van der Waals surface area contributed by atoms with E-state index in [-0.39, 0.29) is 0 Å². The van der Waals surface area contributed by atoms with Crippen LogP contribution in [0.25, 0.3) is 28.4 Å². The topological polar surface area (TPSA) is 37.8 Å². The first-order valence-corrected chi connectivity index (χ1v) is 7.58. The van der Waals surface area contributed by atoms with Crippen LogP contribution >= 0.6 is 23.2 Å². The Morgan fingerprint density at radius 2 is 1.91 bits per heavy atom. The van der Waals surface area contributed by atoms with Gasteiger partial charge in [-0.2, -0.15) is 0 Å². The van der Waals surface area contributed by atoms with Crippen LogP contribution in [0.4, 0.5) is 5.69 Å². The molecule has 1 aliphatic heterocycles. The van der Waals surface area contributed by atoms with Crippen molar-refractivity contribution in [1.29, 1.82) is 0 Å². The molecule has 1 aliphatic rings. The highest BCUT2D eigenvalue weighted by atomic mass is 35.5. The third kappa shape index (κ3) is 2.05. The predicted molar refractivity (Wildman–Crippen MR) is 92.3 cm³/mol. The van der Waals surface area contributed by atoms with Gasteiger partial charge in [-0.25, -0.2) is 4.98 Å². The number of allylic oxidation sites excluding steroid dienone is 1. The fraction of sp³-hybridized carbons (Fsp3) is 0.0588. The minimum absolute atomic E-state index is 0.539. The molecule has 3 heterocycles.